The van der Waals surface area contributed by atoms with E-state index in [2.05, 4.69) is 0 Å². The number of amides is 1. The second-order valence-corrected chi connectivity index (χ2v) is 8.74. The number of alkyl halides is 2. The fraction of sp³-hybridized carbons (Fsp3) is 0.375. The zero-order valence-electron chi connectivity index (χ0n) is 17.3. The maximum atomic E-state index is 13.2. The van der Waals surface area contributed by atoms with E-state index in [1.165, 1.54) is 12.1 Å². The molecule has 0 radical (unpaired) electrons. The third-order valence-electron chi connectivity index (χ3n) is 6.35. The predicted octanol–water partition coefficient (Wildman–Crippen LogP) is 4.22. The highest BCUT2D eigenvalue weighted by Crippen LogP contribution is 2.46. The third kappa shape index (κ3) is 3.77. The Bertz CT molecular complexity index is 1030. The van der Waals surface area contributed by atoms with Crippen molar-refractivity contribution in [1.82, 2.24) is 4.90 Å². The Morgan fingerprint density at radius 1 is 0.968 bits per heavy atom. The van der Waals surface area contributed by atoms with E-state index in [1.807, 2.05) is 26.0 Å². The largest absolute Gasteiger partial charge is 0.336 e. The molecular weight excluding hydrogens is 407 g/mol. The Labute approximate surface area is 178 Å². The van der Waals surface area contributed by atoms with Crippen LogP contribution in [0.4, 0.5) is 13.2 Å². The number of aryl methyl sites for hydroxylation is 2. The monoisotopic (exact) mass is 429 g/mol. The van der Waals surface area contributed by atoms with Gasteiger partial charge < -0.3 is 4.90 Å². The van der Waals surface area contributed by atoms with Gasteiger partial charge >= 0.3 is 6.43 Å². The molecule has 31 heavy (non-hydrogen) atoms. The summed E-state index contributed by atoms with van der Waals surface area (Å²) in [5.74, 6) is -2.93. The molecule has 2 aromatic rings. The summed E-state index contributed by atoms with van der Waals surface area (Å²) in [6.07, 6.45) is -2.89. The zero-order valence-corrected chi connectivity index (χ0v) is 17.3. The third-order valence-corrected chi connectivity index (χ3v) is 6.35. The zero-order chi connectivity index (χ0) is 22.5. The molecule has 7 heteroatoms. The van der Waals surface area contributed by atoms with Crippen molar-refractivity contribution < 1.29 is 27.6 Å². The van der Waals surface area contributed by atoms with Crippen LogP contribution in [-0.4, -0.2) is 41.9 Å². The van der Waals surface area contributed by atoms with Crippen LogP contribution in [-0.2, 0) is 14.4 Å². The average molecular weight is 429 g/mol. The number of nitrogens with zero attached hydrogens (tertiary/aromatic N) is 1. The number of hydrogen-bond donors (Lipinski definition) is 0. The first-order chi connectivity index (χ1) is 14.6. The molecule has 2 fully saturated rings. The molecule has 1 spiro atoms. The van der Waals surface area contributed by atoms with Crippen LogP contribution in [0, 0.1) is 25.1 Å². The van der Waals surface area contributed by atoms with Gasteiger partial charge in [-0.05, 0) is 53.8 Å². The molecular formula is C24H22F3NO3. The van der Waals surface area contributed by atoms with E-state index in [9.17, 15) is 27.6 Å². The fourth-order valence-corrected chi connectivity index (χ4v) is 5.03. The van der Waals surface area contributed by atoms with Crippen LogP contribution in [0.15, 0.2) is 36.4 Å². The van der Waals surface area contributed by atoms with Gasteiger partial charge in [0.2, 0.25) is 0 Å². The number of halogens is 3. The molecule has 0 N–H and O–H groups in total. The summed E-state index contributed by atoms with van der Waals surface area (Å²) in [7, 11) is 0. The van der Waals surface area contributed by atoms with Gasteiger partial charge in [-0.3, -0.25) is 14.4 Å². The number of Topliss-reactive ketones (excluding diaryl/α,β-unsaturated/α-hetero) is 2. The van der Waals surface area contributed by atoms with E-state index >= 15 is 0 Å². The van der Waals surface area contributed by atoms with Gasteiger partial charge in [0.15, 0.2) is 0 Å². The Morgan fingerprint density at radius 2 is 1.48 bits per heavy atom. The van der Waals surface area contributed by atoms with Crippen molar-refractivity contribution in [3.8, 4) is 11.1 Å². The highest BCUT2D eigenvalue weighted by molar-refractivity contribution is 6.11. The topological polar surface area (TPSA) is 54.5 Å². The molecule has 1 aliphatic heterocycles. The molecule has 2 aromatic carbocycles. The lowest BCUT2D eigenvalue weighted by atomic mass is 9.63. The minimum atomic E-state index is -3.08. The van der Waals surface area contributed by atoms with Gasteiger partial charge in [0.25, 0.3) is 5.91 Å². The maximum Gasteiger partial charge on any atom is 0.315 e. The molecule has 162 valence electrons. The Kier molecular flexibility index (Phi) is 5.23. The summed E-state index contributed by atoms with van der Waals surface area (Å²) in [6.45, 7) is 3.71. The Morgan fingerprint density at radius 3 is 1.97 bits per heavy atom. The fourth-order valence-electron chi connectivity index (χ4n) is 5.03. The second kappa shape index (κ2) is 7.62. The van der Waals surface area contributed by atoms with Crippen molar-refractivity contribution in [3.63, 3.8) is 0 Å². The van der Waals surface area contributed by atoms with E-state index in [0.29, 0.717) is 5.56 Å². The summed E-state index contributed by atoms with van der Waals surface area (Å²) in [5, 5.41) is 0. The van der Waals surface area contributed by atoms with E-state index in [4.69, 9.17) is 0 Å². The van der Waals surface area contributed by atoms with Gasteiger partial charge in [-0.2, -0.15) is 8.78 Å². The van der Waals surface area contributed by atoms with E-state index < -0.39 is 23.7 Å². The Hall–Kier alpha value is -2.96. The maximum absolute atomic E-state index is 13.2. The molecule has 1 amide bonds. The van der Waals surface area contributed by atoms with Crippen LogP contribution in [0.2, 0.25) is 0 Å². The van der Waals surface area contributed by atoms with E-state index in [-0.39, 0.29) is 43.3 Å². The second-order valence-electron chi connectivity index (χ2n) is 8.74. The molecule has 0 unspecified atom stereocenters. The number of hydrogen-bond acceptors (Lipinski definition) is 3. The lowest BCUT2D eigenvalue weighted by Crippen LogP contribution is -2.63. The molecule has 0 bridgehead atoms. The van der Waals surface area contributed by atoms with Crippen molar-refractivity contribution in [3.05, 3.63) is 58.9 Å². The first-order valence-electron chi connectivity index (χ1n) is 10.1. The van der Waals surface area contributed by atoms with Crippen LogP contribution in [0.1, 0.15) is 35.4 Å². The first-order valence-corrected chi connectivity index (χ1v) is 10.1. The predicted molar refractivity (Wildman–Crippen MR) is 108 cm³/mol. The number of ketones is 2. The minimum Gasteiger partial charge on any atom is -0.336 e. The smallest absolute Gasteiger partial charge is 0.315 e. The number of likely N-dealkylation sites (tertiary alicyclic amines) is 1. The standard InChI is InChI=1S/C24H22F3NO3/c1-13-7-16(15-3-5-17(25)6-4-15)8-14(2)20(13)21-18(29)9-24(10-19(21)30)11-28(12-24)23(31)22(26)27/h3-8,21-22H,9-12H2,1-2H3. The minimum absolute atomic E-state index is 0.0157. The van der Waals surface area contributed by atoms with Gasteiger partial charge in [0.1, 0.15) is 23.3 Å². The molecule has 0 atom stereocenters. The van der Waals surface area contributed by atoms with Crippen molar-refractivity contribution in [2.24, 2.45) is 5.41 Å². The number of carbonyl (C=O) groups is 3. The van der Waals surface area contributed by atoms with Crippen LogP contribution in [0.25, 0.3) is 11.1 Å². The lowest BCUT2D eigenvalue weighted by Gasteiger charge is -2.52. The van der Waals surface area contributed by atoms with Crippen LogP contribution >= 0.6 is 0 Å². The summed E-state index contributed by atoms with van der Waals surface area (Å²) in [5.41, 5.74) is 3.25. The van der Waals surface area contributed by atoms with E-state index in [0.717, 1.165) is 27.2 Å². The van der Waals surface area contributed by atoms with Crippen molar-refractivity contribution in [2.75, 3.05) is 13.1 Å². The summed E-state index contributed by atoms with van der Waals surface area (Å²) < 4.78 is 38.4. The molecule has 4 nitrogen and oxygen atoms in total. The van der Waals surface area contributed by atoms with Crippen LogP contribution in [0.5, 0.6) is 0 Å². The van der Waals surface area contributed by atoms with Gasteiger partial charge in [0, 0.05) is 31.3 Å². The number of carbonyl (C=O) groups excluding carboxylic acids is 3. The average Bonchev–Trinajstić information content (AvgIpc) is 2.67. The van der Waals surface area contributed by atoms with Gasteiger partial charge in [-0.15, -0.1) is 0 Å². The summed E-state index contributed by atoms with van der Waals surface area (Å²) >= 11 is 0. The lowest BCUT2D eigenvalue weighted by molar-refractivity contribution is -0.162. The normalized spacial score (nSPS) is 18.6. The van der Waals surface area contributed by atoms with Gasteiger partial charge in [-0.25, -0.2) is 4.39 Å². The quantitative estimate of drug-likeness (QED) is 0.687. The molecule has 0 aromatic heterocycles. The van der Waals surface area contributed by atoms with Gasteiger partial charge in [-0.1, -0.05) is 24.3 Å². The van der Waals surface area contributed by atoms with Crippen molar-refractivity contribution in [1.29, 1.82) is 0 Å². The number of benzene rings is 2. The summed E-state index contributed by atoms with van der Waals surface area (Å²) in [6, 6.07) is 9.87. The summed E-state index contributed by atoms with van der Waals surface area (Å²) in [4.78, 5) is 38.5. The molecule has 1 heterocycles. The van der Waals surface area contributed by atoms with Crippen molar-refractivity contribution >= 4 is 17.5 Å². The van der Waals surface area contributed by atoms with Crippen LogP contribution in [0.3, 0.4) is 0 Å². The molecule has 1 aliphatic carbocycles. The molecule has 1 saturated heterocycles. The number of rotatable bonds is 3. The first kappa shape index (κ1) is 21.3. The van der Waals surface area contributed by atoms with Gasteiger partial charge in [0.05, 0.1) is 0 Å². The van der Waals surface area contributed by atoms with E-state index in [1.54, 1.807) is 12.1 Å². The van der Waals surface area contributed by atoms with Crippen molar-refractivity contribution in [2.45, 2.75) is 39.0 Å². The highest BCUT2D eigenvalue weighted by Gasteiger charge is 2.54. The molecule has 1 saturated carbocycles. The molecule has 4 rings (SSSR count). The molecule has 2 aliphatic rings. The SMILES string of the molecule is Cc1cc(-c2ccc(F)cc2)cc(C)c1C1C(=O)CC2(CC1=O)CN(C(=O)C(F)F)C2. The Balaban J connectivity index is 1.57. The highest BCUT2D eigenvalue weighted by atomic mass is 19.3. The van der Waals surface area contributed by atoms with Crippen LogP contribution < -0.4 is 0 Å².